The maximum absolute atomic E-state index is 13.3. The quantitative estimate of drug-likeness (QED) is 0.750. The van der Waals surface area contributed by atoms with Gasteiger partial charge in [0.2, 0.25) is 11.8 Å². The Hall–Kier alpha value is -3.56. The predicted octanol–water partition coefficient (Wildman–Crippen LogP) is 1.54. The monoisotopic (exact) mass is 452 g/mol. The van der Waals surface area contributed by atoms with Gasteiger partial charge in [-0.2, -0.15) is 0 Å². The fraction of sp³-hybridized carbons (Fsp3) is 0.478. The van der Waals surface area contributed by atoms with Crippen molar-refractivity contribution in [3.8, 4) is 5.75 Å². The zero-order chi connectivity index (χ0) is 23.3. The number of fused-ring (bicyclic) bond motifs is 2. The molecule has 0 aliphatic carbocycles. The molecule has 10 heteroatoms. The summed E-state index contributed by atoms with van der Waals surface area (Å²) in [7, 11) is 1.73. The van der Waals surface area contributed by atoms with E-state index in [1.54, 1.807) is 34.0 Å². The van der Waals surface area contributed by atoms with E-state index in [9.17, 15) is 14.4 Å². The minimum atomic E-state index is -0.244. The first-order chi connectivity index (χ1) is 15.8. The van der Waals surface area contributed by atoms with Gasteiger partial charge in [0.15, 0.2) is 11.6 Å². The molecule has 1 fully saturated rings. The predicted molar refractivity (Wildman–Crippen MR) is 122 cm³/mol. The van der Waals surface area contributed by atoms with Crippen LogP contribution >= 0.6 is 0 Å². The van der Waals surface area contributed by atoms with Gasteiger partial charge in [-0.15, -0.1) is 0 Å². The summed E-state index contributed by atoms with van der Waals surface area (Å²) < 4.78 is 5.83. The van der Waals surface area contributed by atoms with Crippen molar-refractivity contribution in [1.82, 2.24) is 19.7 Å². The van der Waals surface area contributed by atoms with Crippen LogP contribution in [-0.4, -0.2) is 82.7 Å². The lowest BCUT2D eigenvalue weighted by Gasteiger charge is -2.34. The van der Waals surface area contributed by atoms with Crippen molar-refractivity contribution in [2.24, 2.45) is 10.9 Å². The van der Waals surface area contributed by atoms with Crippen LogP contribution in [0.5, 0.6) is 5.75 Å². The molecule has 1 aromatic heterocycles. The van der Waals surface area contributed by atoms with Crippen molar-refractivity contribution in [1.29, 1.82) is 0 Å². The molecule has 0 radical (unpaired) electrons. The number of allylic oxidation sites excluding steroid dienone is 1. The summed E-state index contributed by atoms with van der Waals surface area (Å²) in [5, 5.41) is 0. The maximum atomic E-state index is 13.3. The second-order valence-corrected chi connectivity index (χ2v) is 8.84. The Bertz CT molecular complexity index is 1100. The van der Waals surface area contributed by atoms with E-state index in [1.807, 2.05) is 24.0 Å². The Morgan fingerprint density at radius 2 is 2.12 bits per heavy atom. The molecule has 33 heavy (non-hydrogen) atoms. The highest BCUT2D eigenvalue weighted by Crippen LogP contribution is 2.36. The molecule has 1 aromatic rings. The van der Waals surface area contributed by atoms with Crippen molar-refractivity contribution in [3.05, 3.63) is 35.8 Å². The SMILES string of the molecule is CC(=O)N(C)C1CCCN1C(=O)c1cc2c([nH]1)N(C1=CC3=NCC(C)C(=O)N3C=C1)CCO2. The van der Waals surface area contributed by atoms with E-state index in [4.69, 9.17) is 4.74 Å². The van der Waals surface area contributed by atoms with Crippen LogP contribution in [0.15, 0.2) is 35.1 Å². The van der Waals surface area contributed by atoms with Gasteiger partial charge in [0.25, 0.3) is 5.91 Å². The zero-order valence-corrected chi connectivity index (χ0v) is 19.1. The van der Waals surface area contributed by atoms with E-state index in [2.05, 4.69) is 9.98 Å². The lowest BCUT2D eigenvalue weighted by Crippen LogP contribution is -2.47. The lowest BCUT2D eigenvalue weighted by molar-refractivity contribution is -0.131. The third-order valence-corrected chi connectivity index (χ3v) is 6.68. The number of amides is 3. The number of rotatable bonds is 3. The largest absolute Gasteiger partial charge is 0.488 e. The molecule has 1 saturated heterocycles. The number of aliphatic imine (C=N–C) groups is 1. The summed E-state index contributed by atoms with van der Waals surface area (Å²) in [6.07, 6.45) is 6.89. The molecule has 3 amide bonds. The highest BCUT2D eigenvalue weighted by atomic mass is 16.5. The van der Waals surface area contributed by atoms with Crippen molar-refractivity contribution < 1.29 is 19.1 Å². The number of likely N-dealkylation sites (tertiary alicyclic amines) is 1. The van der Waals surface area contributed by atoms with Crippen LogP contribution in [0.1, 0.15) is 37.2 Å². The van der Waals surface area contributed by atoms with E-state index >= 15 is 0 Å². The standard InChI is InChI=1S/C23H28N6O4/c1-14-13-24-19-11-16(6-8-28(19)22(14)31)27-9-10-33-18-12-17(25-21(18)27)23(32)29-7-4-5-20(29)26(3)15(2)30/h6,8,11-12,14,20,25H,4-5,7,9-10,13H2,1-3H3. The second kappa shape index (κ2) is 8.09. The van der Waals surface area contributed by atoms with Gasteiger partial charge in [0.1, 0.15) is 24.3 Å². The number of carbonyl (C=O) groups is 3. The molecule has 2 unspecified atom stereocenters. The van der Waals surface area contributed by atoms with E-state index in [-0.39, 0.29) is 29.8 Å². The van der Waals surface area contributed by atoms with E-state index < -0.39 is 0 Å². The molecule has 174 valence electrons. The van der Waals surface area contributed by atoms with Gasteiger partial charge in [-0.25, -0.2) is 0 Å². The van der Waals surface area contributed by atoms with Crippen LogP contribution in [0.3, 0.4) is 0 Å². The number of amidine groups is 1. The Morgan fingerprint density at radius 1 is 1.30 bits per heavy atom. The zero-order valence-electron chi connectivity index (χ0n) is 19.1. The lowest BCUT2D eigenvalue weighted by atomic mass is 10.1. The topological polar surface area (TPSA) is 102 Å². The minimum Gasteiger partial charge on any atom is -0.488 e. The molecule has 0 saturated carbocycles. The first kappa shape index (κ1) is 21.3. The minimum absolute atomic E-state index is 0.0395. The van der Waals surface area contributed by atoms with Gasteiger partial charge >= 0.3 is 0 Å². The normalized spacial score (nSPS) is 24.1. The molecular formula is C23H28N6O4. The van der Waals surface area contributed by atoms with Crippen LogP contribution in [-0.2, 0) is 9.59 Å². The van der Waals surface area contributed by atoms with Gasteiger partial charge in [0.05, 0.1) is 19.0 Å². The molecule has 1 N–H and O–H groups in total. The summed E-state index contributed by atoms with van der Waals surface area (Å²) in [6, 6.07) is 1.73. The van der Waals surface area contributed by atoms with Crippen molar-refractivity contribution >= 4 is 29.4 Å². The Labute approximate surface area is 192 Å². The number of carbonyl (C=O) groups excluding carboxylic acids is 3. The first-order valence-electron chi connectivity index (χ1n) is 11.3. The van der Waals surface area contributed by atoms with Gasteiger partial charge < -0.3 is 24.4 Å². The third kappa shape index (κ3) is 3.59. The molecule has 10 nitrogen and oxygen atoms in total. The fourth-order valence-corrected chi connectivity index (χ4v) is 4.72. The Kier molecular flexibility index (Phi) is 5.22. The highest BCUT2D eigenvalue weighted by molar-refractivity contribution is 6.09. The number of nitrogens with zero attached hydrogens (tertiary/aromatic N) is 5. The number of H-pyrrole nitrogens is 1. The van der Waals surface area contributed by atoms with E-state index in [0.29, 0.717) is 49.3 Å². The smallest absolute Gasteiger partial charge is 0.272 e. The highest BCUT2D eigenvalue weighted by Gasteiger charge is 2.36. The molecule has 2 atom stereocenters. The fourth-order valence-electron chi connectivity index (χ4n) is 4.72. The summed E-state index contributed by atoms with van der Waals surface area (Å²) in [6.45, 7) is 5.52. The average molecular weight is 453 g/mol. The van der Waals surface area contributed by atoms with Crippen molar-refractivity contribution in [2.75, 3.05) is 38.2 Å². The van der Waals surface area contributed by atoms with Gasteiger partial charge in [-0.05, 0) is 18.9 Å². The number of hydrogen-bond acceptors (Lipinski definition) is 6. The third-order valence-electron chi connectivity index (χ3n) is 6.68. The second-order valence-electron chi connectivity index (χ2n) is 8.84. The maximum Gasteiger partial charge on any atom is 0.272 e. The van der Waals surface area contributed by atoms with Crippen LogP contribution in [0.25, 0.3) is 0 Å². The molecular weight excluding hydrogens is 424 g/mol. The molecule has 0 aromatic carbocycles. The van der Waals surface area contributed by atoms with Crippen molar-refractivity contribution in [3.63, 3.8) is 0 Å². The summed E-state index contributed by atoms with van der Waals surface area (Å²) in [5.74, 6) is 1.61. The summed E-state index contributed by atoms with van der Waals surface area (Å²) >= 11 is 0. The van der Waals surface area contributed by atoms with E-state index in [0.717, 1.165) is 18.5 Å². The van der Waals surface area contributed by atoms with Crippen LogP contribution in [0.2, 0.25) is 0 Å². The van der Waals surface area contributed by atoms with Crippen molar-refractivity contribution in [2.45, 2.75) is 32.9 Å². The molecule has 4 aliphatic heterocycles. The van der Waals surface area contributed by atoms with Gasteiger partial charge in [-0.1, -0.05) is 6.92 Å². The van der Waals surface area contributed by atoms with Crippen LogP contribution in [0.4, 0.5) is 5.82 Å². The molecule has 5 heterocycles. The number of nitrogens with one attached hydrogen (secondary N) is 1. The average Bonchev–Trinajstić information content (AvgIpc) is 3.47. The van der Waals surface area contributed by atoms with E-state index in [1.165, 1.54) is 6.92 Å². The van der Waals surface area contributed by atoms with Gasteiger partial charge in [0, 0.05) is 44.6 Å². The summed E-state index contributed by atoms with van der Waals surface area (Å²) in [4.78, 5) is 52.4. The van der Waals surface area contributed by atoms with Gasteiger partial charge in [-0.3, -0.25) is 24.3 Å². The number of anilines is 1. The first-order valence-corrected chi connectivity index (χ1v) is 11.3. The summed E-state index contributed by atoms with van der Waals surface area (Å²) in [5.41, 5.74) is 1.30. The number of aromatic nitrogens is 1. The Morgan fingerprint density at radius 3 is 2.91 bits per heavy atom. The molecule has 0 bridgehead atoms. The number of hydrogen-bond donors (Lipinski definition) is 1. The number of ether oxygens (including phenoxy) is 1. The molecule has 4 aliphatic rings. The van der Waals surface area contributed by atoms with Crippen LogP contribution < -0.4 is 9.64 Å². The number of aromatic amines is 1. The van der Waals surface area contributed by atoms with Crippen LogP contribution in [0, 0.1) is 5.92 Å². The molecule has 5 rings (SSSR count). The molecule has 0 spiro atoms. The Balaban J connectivity index is 1.41.